The molecule has 3 nitrogen and oxygen atoms in total. The maximum Gasteiger partial charge on any atom is 0.0900 e. The van der Waals surface area contributed by atoms with Gasteiger partial charge in [-0.2, -0.15) is 0 Å². The fourth-order valence-corrected chi connectivity index (χ4v) is 3.35. The number of hydrogen-bond acceptors (Lipinski definition) is 1. The van der Waals surface area contributed by atoms with Gasteiger partial charge in [0.1, 0.15) is 0 Å². The molecule has 1 N–H and O–H groups in total. The van der Waals surface area contributed by atoms with Crippen molar-refractivity contribution in [3.8, 4) is 0 Å². The largest absolute Gasteiger partial charge is 0.361 e. The van der Waals surface area contributed by atoms with Crippen LogP contribution in [0.3, 0.4) is 0 Å². The lowest BCUT2D eigenvalue weighted by Gasteiger charge is -2.22. The molecule has 0 bridgehead atoms. The van der Waals surface area contributed by atoms with Crippen molar-refractivity contribution >= 4 is 22.9 Å². The summed E-state index contributed by atoms with van der Waals surface area (Å²) in [5, 5.41) is 1.30. The Balaban J connectivity index is 1.82. The van der Waals surface area contributed by atoms with Crippen LogP contribution in [0.1, 0.15) is 24.1 Å². The zero-order valence-electron chi connectivity index (χ0n) is 12.7. The number of nitrogens with one attached hydrogen (secondary N) is 1. The highest BCUT2D eigenvalue weighted by Crippen LogP contribution is 2.41. The smallest absolute Gasteiger partial charge is 0.0900 e. The first-order valence-corrected chi connectivity index (χ1v) is 7.80. The Labute approximate surface area is 130 Å². The Morgan fingerprint density at radius 1 is 1.18 bits per heavy atom. The number of aromatic nitrogens is 1. The summed E-state index contributed by atoms with van der Waals surface area (Å²) in [4.78, 5) is 10.2. The second kappa shape index (κ2) is 5.34. The molecule has 0 amide bonds. The molecule has 0 spiro atoms. The molecule has 3 aromatic rings. The summed E-state index contributed by atoms with van der Waals surface area (Å²) in [6, 6.07) is 17.4. The summed E-state index contributed by atoms with van der Waals surface area (Å²) in [6.45, 7) is 2.87. The van der Waals surface area contributed by atoms with Gasteiger partial charge in [-0.25, -0.2) is 0 Å². The van der Waals surface area contributed by atoms with E-state index in [0.717, 1.165) is 13.0 Å². The molecule has 0 saturated carbocycles. The number of aromatic amines is 1. The summed E-state index contributed by atoms with van der Waals surface area (Å²) in [6.07, 6.45) is 5.17. The second-order valence-electron chi connectivity index (χ2n) is 5.66. The minimum atomic E-state index is 0.309. The number of H-pyrrole nitrogens is 1. The highest BCUT2D eigenvalue weighted by molar-refractivity contribution is 5.89. The van der Waals surface area contributed by atoms with Crippen LogP contribution in [0.2, 0.25) is 0 Å². The van der Waals surface area contributed by atoms with Crippen LogP contribution in [-0.4, -0.2) is 17.9 Å². The van der Waals surface area contributed by atoms with E-state index in [1.807, 2.05) is 6.34 Å². The van der Waals surface area contributed by atoms with Gasteiger partial charge in [0.15, 0.2) is 0 Å². The molecule has 110 valence electrons. The van der Waals surface area contributed by atoms with E-state index >= 15 is 0 Å². The van der Waals surface area contributed by atoms with E-state index in [-0.39, 0.29) is 0 Å². The topological polar surface area (TPSA) is 31.4 Å². The van der Waals surface area contributed by atoms with E-state index in [0.29, 0.717) is 6.04 Å². The number of aliphatic imine (C=N–C) groups is 1. The number of rotatable bonds is 3. The van der Waals surface area contributed by atoms with Crippen molar-refractivity contribution in [2.24, 2.45) is 4.99 Å². The first-order chi connectivity index (χ1) is 10.9. The van der Waals surface area contributed by atoms with Gasteiger partial charge in [-0.05, 0) is 31.0 Å². The Bertz CT molecular complexity index is 831. The highest BCUT2D eigenvalue weighted by Gasteiger charge is 2.30. The highest BCUT2D eigenvalue weighted by atomic mass is 15.2. The molecule has 1 aliphatic heterocycles. The third kappa shape index (κ3) is 2.01. The van der Waals surface area contributed by atoms with Gasteiger partial charge in [0, 0.05) is 34.9 Å². The number of nitrogens with zero attached hydrogens (tertiary/aromatic N) is 2. The van der Waals surface area contributed by atoms with Gasteiger partial charge < -0.3 is 9.88 Å². The van der Waals surface area contributed by atoms with Crippen molar-refractivity contribution in [1.82, 2.24) is 4.98 Å². The quantitative estimate of drug-likeness (QED) is 0.565. The molecule has 2 heterocycles. The Morgan fingerprint density at radius 3 is 2.91 bits per heavy atom. The number of anilines is 1. The maximum atomic E-state index is 4.48. The zero-order valence-corrected chi connectivity index (χ0v) is 12.7. The van der Waals surface area contributed by atoms with E-state index < -0.39 is 0 Å². The summed E-state index contributed by atoms with van der Waals surface area (Å²) in [5.74, 6) is 0. The van der Waals surface area contributed by atoms with Crippen LogP contribution < -0.4 is 4.90 Å². The predicted molar refractivity (Wildman–Crippen MR) is 92.7 cm³/mol. The van der Waals surface area contributed by atoms with Crippen molar-refractivity contribution in [3.63, 3.8) is 0 Å². The molecule has 22 heavy (non-hydrogen) atoms. The molecule has 1 unspecified atom stereocenters. The van der Waals surface area contributed by atoms with Gasteiger partial charge in [-0.15, -0.1) is 0 Å². The maximum absolute atomic E-state index is 4.48. The van der Waals surface area contributed by atoms with Crippen molar-refractivity contribution in [2.45, 2.75) is 19.4 Å². The Kier molecular flexibility index (Phi) is 3.19. The normalized spacial score (nSPS) is 17.5. The predicted octanol–water partition coefficient (Wildman–Crippen LogP) is 4.32. The molecule has 1 atom stereocenters. The summed E-state index contributed by atoms with van der Waals surface area (Å²) in [7, 11) is 0. The van der Waals surface area contributed by atoms with Crippen LogP contribution in [0.4, 0.5) is 5.69 Å². The third-order valence-electron chi connectivity index (χ3n) is 4.39. The second-order valence-corrected chi connectivity index (χ2v) is 5.66. The molecule has 3 heteroatoms. The van der Waals surface area contributed by atoms with Gasteiger partial charge in [0.05, 0.1) is 12.4 Å². The average Bonchev–Trinajstić information content (AvgIpc) is 3.14. The number of para-hydroxylation sites is 2. The van der Waals surface area contributed by atoms with Crippen LogP contribution in [0.25, 0.3) is 10.9 Å². The molecule has 1 aliphatic rings. The molecule has 0 aliphatic carbocycles. The number of fused-ring (bicyclic) bond motifs is 2. The third-order valence-corrected chi connectivity index (χ3v) is 4.39. The summed E-state index contributed by atoms with van der Waals surface area (Å²) < 4.78 is 0. The molecule has 0 radical (unpaired) electrons. The minimum absolute atomic E-state index is 0.309. The van der Waals surface area contributed by atoms with Crippen molar-refractivity contribution < 1.29 is 0 Å². The first-order valence-electron chi connectivity index (χ1n) is 7.80. The van der Waals surface area contributed by atoms with Gasteiger partial charge >= 0.3 is 0 Å². The minimum Gasteiger partial charge on any atom is -0.361 e. The lowest BCUT2D eigenvalue weighted by atomic mass is 10.0. The van der Waals surface area contributed by atoms with E-state index in [4.69, 9.17) is 0 Å². The molecular formula is C19H19N3. The first kappa shape index (κ1) is 13.1. The van der Waals surface area contributed by atoms with Crippen LogP contribution in [-0.2, 0) is 6.42 Å². The van der Waals surface area contributed by atoms with E-state index in [2.05, 4.69) is 76.5 Å². The summed E-state index contributed by atoms with van der Waals surface area (Å²) >= 11 is 0. The van der Waals surface area contributed by atoms with Crippen LogP contribution in [0.15, 0.2) is 59.7 Å². The van der Waals surface area contributed by atoms with Crippen LogP contribution in [0, 0.1) is 0 Å². The van der Waals surface area contributed by atoms with E-state index in [1.165, 1.54) is 27.7 Å². The van der Waals surface area contributed by atoms with Crippen LogP contribution in [0.5, 0.6) is 0 Å². The SMILES string of the molecule is CCN=CN1c2ccccc2CC1c1c[nH]c2ccccc12. The fraction of sp³-hybridized carbons (Fsp3) is 0.211. The van der Waals surface area contributed by atoms with Gasteiger partial charge in [-0.3, -0.25) is 4.99 Å². The molecule has 0 saturated heterocycles. The number of hydrogen-bond donors (Lipinski definition) is 1. The Hall–Kier alpha value is -2.55. The lowest BCUT2D eigenvalue weighted by Crippen LogP contribution is -2.23. The summed E-state index contributed by atoms with van der Waals surface area (Å²) in [5.41, 5.74) is 5.20. The lowest BCUT2D eigenvalue weighted by molar-refractivity contribution is 0.767. The monoisotopic (exact) mass is 289 g/mol. The van der Waals surface area contributed by atoms with Crippen molar-refractivity contribution in [2.75, 3.05) is 11.4 Å². The molecular weight excluding hydrogens is 270 g/mol. The van der Waals surface area contributed by atoms with E-state index in [9.17, 15) is 0 Å². The molecule has 4 rings (SSSR count). The molecule has 2 aromatic carbocycles. The number of benzene rings is 2. The molecule has 0 fully saturated rings. The van der Waals surface area contributed by atoms with Gasteiger partial charge in [0.2, 0.25) is 0 Å². The fourth-order valence-electron chi connectivity index (χ4n) is 3.35. The van der Waals surface area contributed by atoms with Crippen LogP contribution >= 0.6 is 0 Å². The van der Waals surface area contributed by atoms with Gasteiger partial charge in [-0.1, -0.05) is 36.4 Å². The molecule has 1 aromatic heterocycles. The average molecular weight is 289 g/mol. The van der Waals surface area contributed by atoms with Crippen molar-refractivity contribution in [3.05, 3.63) is 65.9 Å². The van der Waals surface area contributed by atoms with E-state index in [1.54, 1.807) is 0 Å². The standard InChI is InChI=1S/C19H19N3/c1-2-20-13-22-18-10-6-3-7-14(18)11-19(22)16-12-21-17-9-5-4-8-15(16)17/h3-10,12-13,19,21H,2,11H2,1H3. The van der Waals surface area contributed by atoms with Gasteiger partial charge in [0.25, 0.3) is 0 Å². The Morgan fingerprint density at radius 2 is 2.00 bits per heavy atom. The zero-order chi connectivity index (χ0) is 14.9. The van der Waals surface area contributed by atoms with Crippen molar-refractivity contribution in [1.29, 1.82) is 0 Å².